The van der Waals surface area contributed by atoms with Crippen LogP contribution >= 0.6 is 0 Å². The fourth-order valence-corrected chi connectivity index (χ4v) is 2.28. The lowest BCUT2D eigenvalue weighted by atomic mass is 9.87. The fraction of sp³-hybridized carbons (Fsp3) is 0.467. The molecule has 0 aromatic heterocycles. The largest absolute Gasteiger partial charge is 0.324 e. The van der Waals surface area contributed by atoms with E-state index >= 15 is 0 Å². The molecule has 0 amide bonds. The Morgan fingerprint density at radius 2 is 2.19 bits per heavy atom. The summed E-state index contributed by atoms with van der Waals surface area (Å²) in [5, 5.41) is 0. The third-order valence-electron chi connectivity index (χ3n) is 3.20. The van der Waals surface area contributed by atoms with Gasteiger partial charge in [0, 0.05) is 6.04 Å². The third-order valence-corrected chi connectivity index (χ3v) is 3.20. The summed E-state index contributed by atoms with van der Waals surface area (Å²) in [5.74, 6) is 0.610. The second-order valence-corrected chi connectivity index (χ2v) is 5.06. The van der Waals surface area contributed by atoms with E-state index in [0.717, 1.165) is 6.42 Å². The van der Waals surface area contributed by atoms with Crippen LogP contribution in [0, 0.1) is 5.92 Å². The second kappa shape index (κ2) is 4.84. The van der Waals surface area contributed by atoms with Crippen molar-refractivity contribution >= 4 is 6.08 Å². The zero-order valence-electron chi connectivity index (χ0n) is 10.2. The van der Waals surface area contributed by atoms with E-state index in [1.807, 2.05) is 0 Å². The number of benzene rings is 1. The molecule has 1 nitrogen and oxygen atoms in total. The predicted molar refractivity (Wildman–Crippen MR) is 70.2 cm³/mol. The molecule has 0 radical (unpaired) electrons. The maximum atomic E-state index is 6.10. The molecule has 2 rings (SSSR count). The Bertz CT molecular complexity index is 390. The van der Waals surface area contributed by atoms with E-state index < -0.39 is 0 Å². The van der Waals surface area contributed by atoms with Crippen molar-refractivity contribution in [3.05, 3.63) is 41.0 Å². The van der Waals surface area contributed by atoms with Crippen LogP contribution in [-0.4, -0.2) is 0 Å². The topological polar surface area (TPSA) is 26.0 Å². The zero-order valence-corrected chi connectivity index (χ0v) is 10.2. The van der Waals surface area contributed by atoms with E-state index in [2.05, 4.69) is 44.2 Å². The van der Waals surface area contributed by atoms with E-state index in [0.29, 0.717) is 5.92 Å². The van der Waals surface area contributed by atoms with E-state index in [1.54, 1.807) is 0 Å². The normalized spacial score (nSPS) is 20.4. The van der Waals surface area contributed by atoms with E-state index in [-0.39, 0.29) is 6.04 Å². The van der Waals surface area contributed by atoms with Gasteiger partial charge in [0.25, 0.3) is 0 Å². The molecule has 0 aliphatic heterocycles. The van der Waals surface area contributed by atoms with Gasteiger partial charge in [0.05, 0.1) is 0 Å². The minimum atomic E-state index is 0.256. The molecule has 0 saturated carbocycles. The highest BCUT2D eigenvalue weighted by molar-refractivity contribution is 5.52. The molecule has 1 aliphatic rings. The van der Waals surface area contributed by atoms with Crippen molar-refractivity contribution in [2.75, 3.05) is 0 Å². The molecule has 1 aromatic rings. The Morgan fingerprint density at radius 1 is 1.38 bits per heavy atom. The molecule has 16 heavy (non-hydrogen) atoms. The summed E-state index contributed by atoms with van der Waals surface area (Å²) in [6.07, 6.45) is 8.00. The van der Waals surface area contributed by atoms with E-state index in [1.165, 1.54) is 29.5 Å². The summed E-state index contributed by atoms with van der Waals surface area (Å²) in [5.41, 5.74) is 10.2. The maximum absolute atomic E-state index is 6.10. The summed E-state index contributed by atoms with van der Waals surface area (Å²) in [6.45, 7) is 4.40. The van der Waals surface area contributed by atoms with Crippen LogP contribution in [-0.2, 0) is 6.42 Å². The molecular formula is C15H21N. The molecule has 1 aliphatic carbocycles. The first-order valence-electron chi connectivity index (χ1n) is 6.23. The molecule has 0 spiro atoms. The minimum absolute atomic E-state index is 0.256. The third kappa shape index (κ3) is 2.53. The SMILES string of the molecule is CC(C)/C=C/c1ccc2c(c1)CCCC2N. The van der Waals surface area contributed by atoms with Crippen LogP contribution in [0.2, 0.25) is 0 Å². The number of allylic oxidation sites excluding steroid dienone is 1. The summed E-state index contributed by atoms with van der Waals surface area (Å²) in [7, 11) is 0. The predicted octanol–water partition coefficient (Wildman–Crippen LogP) is 3.69. The summed E-state index contributed by atoms with van der Waals surface area (Å²) in [6, 6.07) is 6.95. The average molecular weight is 215 g/mol. The zero-order chi connectivity index (χ0) is 11.5. The molecule has 1 atom stereocenters. The van der Waals surface area contributed by atoms with Crippen molar-refractivity contribution in [3.8, 4) is 0 Å². The van der Waals surface area contributed by atoms with Gasteiger partial charge in [-0.2, -0.15) is 0 Å². The quantitative estimate of drug-likeness (QED) is 0.800. The van der Waals surface area contributed by atoms with Crippen LogP contribution in [0.3, 0.4) is 0 Å². The number of fused-ring (bicyclic) bond motifs is 1. The van der Waals surface area contributed by atoms with Crippen molar-refractivity contribution in [2.45, 2.75) is 39.2 Å². The van der Waals surface area contributed by atoms with Gasteiger partial charge in [-0.15, -0.1) is 0 Å². The lowest BCUT2D eigenvalue weighted by molar-refractivity contribution is 0.570. The van der Waals surface area contributed by atoms with Gasteiger partial charge in [-0.3, -0.25) is 0 Å². The van der Waals surface area contributed by atoms with Crippen LogP contribution in [0.25, 0.3) is 6.08 Å². The first-order chi connectivity index (χ1) is 7.66. The van der Waals surface area contributed by atoms with Gasteiger partial charge in [-0.05, 0) is 41.9 Å². The Hall–Kier alpha value is -1.08. The molecule has 86 valence electrons. The van der Waals surface area contributed by atoms with Crippen LogP contribution < -0.4 is 5.73 Å². The van der Waals surface area contributed by atoms with Crippen molar-refractivity contribution in [3.63, 3.8) is 0 Å². The van der Waals surface area contributed by atoms with E-state index in [4.69, 9.17) is 5.73 Å². The first-order valence-corrected chi connectivity index (χ1v) is 6.23. The van der Waals surface area contributed by atoms with Gasteiger partial charge in [0.1, 0.15) is 0 Å². The van der Waals surface area contributed by atoms with Gasteiger partial charge in [-0.25, -0.2) is 0 Å². The van der Waals surface area contributed by atoms with Gasteiger partial charge in [-0.1, -0.05) is 44.2 Å². The van der Waals surface area contributed by atoms with Gasteiger partial charge >= 0.3 is 0 Å². The molecule has 2 N–H and O–H groups in total. The van der Waals surface area contributed by atoms with E-state index in [9.17, 15) is 0 Å². The van der Waals surface area contributed by atoms with Gasteiger partial charge in [0.15, 0.2) is 0 Å². The second-order valence-electron chi connectivity index (χ2n) is 5.06. The van der Waals surface area contributed by atoms with Crippen LogP contribution in [0.4, 0.5) is 0 Å². The standard InChI is InChI=1S/C15H21N/c1-11(2)6-7-12-8-9-14-13(10-12)4-3-5-15(14)16/h6-11,15H,3-5,16H2,1-2H3/b7-6+. The number of rotatable bonds is 2. The number of hydrogen-bond donors (Lipinski definition) is 1. The Balaban J connectivity index is 2.25. The molecule has 1 heteroatoms. The summed E-state index contributed by atoms with van der Waals surface area (Å²) >= 11 is 0. The molecular weight excluding hydrogens is 194 g/mol. The highest BCUT2D eigenvalue weighted by atomic mass is 14.6. The summed E-state index contributed by atoms with van der Waals surface area (Å²) in [4.78, 5) is 0. The minimum Gasteiger partial charge on any atom is -0.324 e. The number of aryl methyl sites for hydroxylation is 1. The lowest BCUT2D eigenvalue weighted by Gasteiger charge is -2.22. The Morgan fingerprint density at radius 3 is 2.94 bits per heavy atom. The average Bonchev–Trinajstić information content (AvgIpc) is 2.26. The summed E-state index contributed by atoms with van der Waals surface area (Å²) < 4.78 is 0. The molecule has 1 unspecified atom stereocenters. The number of nitrogens with two attached hydrogens (primary N) is 1. The Labute approximate surface area is 98.4 Å². The first kappa shape index (κ1) is 11.4. The molecule has 0 saturated heterocycles. The van der Waals surface area contributed by atoms with Crippen molar-refractivity contribution < 1.29 is 0 Å². The van der Waals surface area contributed by atoms with Crippen LogP contribution in [0.5, 0.6) is 0 Å². The maximum Gasteiger partial charge on any atom is 0.0297 e. The van der Waals surface area contributed by atoms with Crippen LogP contribution in [0.15, 0.2) is 24.3 Å². The van der Waals surface area contributed by atoms with Crippen molar-refractivity contribution in [1.29, 1.82) is 0 Å². The monoisotopic (exact) mass is 215 g/mol. The molecule has 1 aromatic carbocycles. The molecule has 0 bridgehead atoms. The van der Waals surface area contributed by atoms with Crippen LogP contribution in [0.1, 0.15) is 49.4 Å². The molecule has 0 fully saturated rings. The van der Waals surface area contributed by atoms with Crippen molar-refractivity contribution in [1.82, 2.24) is 0 Å². The van der Waals surface area contributed by atoms with Gasteiger partial charge in [0.2, 0.25) is 0 Å². The van der Waals surface area contributed by atoms with Crippen molar-refractivity contribution in [2.24, 2.45) is 11.7 Å². The highest BCUT2D eigenvalue weighted by Gasteiger charge is 2.16. The lowest BCUT2D eigenvalue weighted by Crippen LogP contribution is -2.17. The fourth-order valence-electron chi connectivity index (χ4n) is 2.28. The Kier molecular flexibility index (Phi) is 3.45. The molecule has 0 heterocycles. The van der Waals surface area contributed by atoms with Gasteiger partial charge < -0.3 is 5.73 Å². The smallest absolute Gasteiger partial charge is 0.0297 e. The highest BCUT2D eigenvalue weighted by Crippen LogP contribution is 2.28. The number of hydrogen-bond acceptors (Lipinski definition) is 1.